The van der Waals surface area contributed by atoms with Gasteiger partial charge in [0.1, 0.15) is 11.4 Å². The van der Waals surface area contributed by atoms with Crippen molar-refractivity contribution in [3.05, 3.63) is 80.8 Å². The lowest BCUT2D eigenvalue weighted by molar-refractivity contribution is 0.102. The number of hydrogen-bond donors (Lipinski definition) is 2. The Bertz CT molecular complexity index is 1490. The molecule has 4 rings (SSSR count). The first-order valence-electron chi connectivity index (χ1n) is 11.0. The Kier molecular flexibility index (Phi) is 6.97. The van der Waals surface area contributed by atoms with Crippen LogP contribution in [0.4, 0.5) is 5.82 Å². The average Bonchev–Trinajstić information content (AvgIpc) is 3.24. The van der Waals surface area contributed by atoms with Crippen LogP contribution in [0.15, 0.2) is 63.5 Å². The largest absolute Gasteiger partial charge is 0.384 e. The fourth-order valence-corrected chi connectivity index (χ4v) is 4.50. The van der Waals surface area contributed by atoms with Gasteiger partial charge in [-0.05, 0) is 36.6 Å². The van der Waals surface area contributed by atoms with Crippen molar-refractivity contribution in [1.82, 2.24) is 29.3 Å². The van der Waals surface area contributed by atoms with Crippen molar-refractivity contribution in [3.8, 4) is 17.1 Å². The number of H-pyrrole nitrogens is 1. The van der Waals surface area contributed by atoms with Crippen LogP contribution in [0.25, 0.3) is 17.1 Å². The van der Waals surface area contributed by atoms with Crippen molar-refractivity contribution in [2.75, 3.05) is 11.5 Å². The molecule has 35 heavy (non-hydrogen) atoms. The molecule has 10 nitrogen and oxygen atoms in total. The zero-order valence-electron chi connectivity index (χ0n) is 19.6. The molecule has 0 spiro atoms. The fraction of sp³-hybridized carbons (Fsp3) is 0.250. The Morgan fingerprint density at radius 1 is 1.14 bits per heavy atom. The number of nitrogens with two attached hydrogens (primary N) is 1. The second kappa shape index (κ2) is 10.1. The van der Waals surface area contributed by atoms with Gasteiger partial charge in [-0.1, -0.05) is 43.8 Å². The molecule has 0 radical (unpaired) electrons. The third-order valence-corrected chi connectivity index (χ3v) is 6.24. The van der Waals surface area contributed by atoms with Crippen LogP contribution < -0.4 is 17.0 Å². The standard InChI is InChI=1S/C24H25N7O3S/c1-14(2)12-30-20(25)19(22(33)27-23(30)34)18(32)13-35-24-29-28-21(16-8-6-10-26-11-16)31(24)17-9-5-4-7-15(17)3/h4-11,14H,12-13,25H2,1-3H3,(H,27,33,34). The predicted octanol–water partition coefficient (Wildman–Crippen LogP) is 2.70. The minimum atomic E-state index is -0.797. The summed E-state index contributed by atoms with van der Waals surface area (Å²) in [5, 5.41) is 9.14. The molecule has 0 saturated carbocycles. The number of rotatable bonds is 8. The van der Waals surface area contributed by atoms with Crippen LogP contribution in [0.3, 0.4) is 0 Å². The van der Waals surface area contributed by atoms with Gasteiger partial charge in [-0.15, -0.1) is 10.2 Å². The van der Waals surface area contributed by atoms with Crippen LogP contribution in [-0.2, 0) is 6.54 Å². The molecule has 3 heterocycles. The maximum atomic E-state index is 13.1. The molecule has 4 aromatic rings. The number of benzene rings is 1. The second-order valence-corrected chi connectivity index (χ2v) is 9.35. The van der Waals surface area contributed by atoms with E-state index < -0.39 is 17.0 Å². The molecule has 11 heteroatoms. The summed E-state index contributed by atoms with van der Waals surface area (Å²) in [6, 6.07) is 11.4. The third-order valence-electron chi connectivity index (χ3n) is 5.31. The Hall–Kier alpha value is -3.99. The van der Waals surface area contributed by atoms with Gasteiger partial charge in [0.25, 0.3) is 5.56 Å². The minimum Gasteiger partial charge on any atom is -0.384 e. The Morgan fingerprint density at radius 3 is 2.60 bits per heavy atom. The van der Waals surface area contributed by atoms with Gasteiger partial charge in [-0.25, -0.2) is 4.79 Å². The lowest BCUT2D eigenvalue weighted by Crippen LogP contribution is -2.37. The van der Waals surface area contributed by atoms with Gasteiger partial charge >= 0.3 is 5.69 Å². The number of hydrogen-bond acceptors (Lipinski definition) is 8. The Balaban J connectivity index is 1.71. The van der Waals surface area contributed by atoms with Crippen molar-refractivity contribution < 1.29 is 4.79 Å². The van der Waals surface area contributed by atoms with E-state index in [4.69, 9.17) is 5.73 Å². The zero-order valence-corrected chi connectivity index (χ0v) is 20.4. The molecule has 0 saturated heterocycles. The van der Waals surface area contributed by atoms with E-state index in [1.54, 1.807) is 12.4 Å². The molecule has 0 fully saturated rings. The van der Waals surface area contributed by atoms with Gasteiger partial charge in [0, 0.05) is 24.5 Å². The SMILES string of the molecule is Cc1ccccc1-n1c(SCC(=O)c2c(N)n(CC(C)C)c(=O)[nH]c2=O)nnc1-c1cccnc1. The first-order chi connectivity index (χ1) is 16.8. The number of carbonyl (C=O) groups excluding carboxylic acids is 1. The van der Waals surface area contributed by atoms with Crippen LogP contribution in [0, 0.1) is 12.8 Å². The van der Waals surface area contributed by atoms with E-state index in [9.17, 15) is 14.4 Å². The lowest BCUT2D eigenvalue weighted by Gasteiger charge is -2.14. The Labute approximate surface area is 205 Å². The normalized spacial score (nSPS) is 11.2. The Morgan fingerprint density at radius 2 is 1.91 bits per heavy atom. The number of nitrogen functional groups attached to an aromatic ring is 1. The van der Waals surface area contributed by atoms with Crippen LogP contribution >= 0.6 is 11.8 Å². The van der Waals surface area contributed by atoms with Gasteiger partial charge in [-0.2, -0.15) is 0 Å². The summed E-state index contributed by atoms with van der Waals surface area (Å²) >= 11 is 1.13. The number of para-hydroxylation sites is 1. The molecular formula is C24H25N7O3S. The van der Waals surface area contributed by atoms with Gasteiger partial charge in [0.05, 0.1) is 11.4 Å². The van der Waals surface area contributed by atoms with E-state index in [1.807, 2.05) is 61.7 Å². The number of ketones is 1. The number of nitrogens with zero attached hydrogens (tertiary/aromatic N) is 5. The third kappa shape index (κ3) is 4.94. The molecule has 0 bridgehead atoms. The fourth-order valence-electron chi connectivity index (χ4n) is 3.68. The summed E-state index contributed by atoms with van der Waals surface area (Å²) in [5.74, 6) is -0.0884. The highest BCUT2D eigenvalue weighted by Crippen LogP contribution is 2.29. The molecule has 3 N–H and O–H groups in total. The molecule has 0 amide bonds. The maximum Gasteiger partial charge on any atom is 0.329 e. The van der Waals surface area contributed by atoms with Crippen LogP contribution in [0.5, 0.6) is 0 Å². The van der Waals surface area contributed by atoms with E-state index in [0.29, 0.717) is 11.0 Å². The smallest absolute Gasteiger partial charge is 0.329 e. The van der Waals surface area contributed by atoms with Gasteiger partial charge < -0.3 is 5.73 Å². The van der Waals surface area contributed by atoms with E-state index in [-0.39, 0.29) is 29.6 Å². The molecule has 1 aromatic carbocycles. The number of nitrogens with one attached hydrogen (secondary N) is 1. The van der Waals surface area contributed by atoms with E-state index in [1.165, 1.54) is 4.57 Å². The number of aromatic nitrogens is 6. The van der Waals surface area contributed by atoms with Crippen molar-refractivity contribution in [2.24, 2.45) is 5.92 Å². The molecule has 0 unspecified atom stereocenters. The van der Waals surface area contributed by atoms with E-state index in [2.05, 4.69) is 20.2 Å². The summed E-state index contributed by atoms with van der Waals surface area (Å²) in [7, 11) is 0. The zero-order chi connectivity index (χ0) is 25.1. The van der Waals surface area contributed by atoms with Crippen LogP contribution in [-0.4, -0.2) is 40.8 Å². The molecular weight excluding hydrogens is 466 g/mol. The van der Waals surface area contributed by atoms with Gasteiger partial charge in [0.15, 0.2) is 16.8 Å². The van der Waals surface area contributed by atoms with Crippen molar-refractivity contribution in [2.45, 2.75) is 32.5 Å². The van der Waals surface area contributed by atoms with E-state index >= 15 is 0 Å². The topological polar surface area (TPSA) is 142 Å². The number of Topliss-reactive ketones (excluding diaryl/α,β-unsaturated/α-hetero) is 1. The second-order valence-electron chi connectivity index (χ2n) is 8.41. The van der Waals surface area contributed by atoms with Crippen molar-refractivity contribution in [1.29, 1.82) is 0 Å². The lowest BCUT2D eigenvalue weighted by atomic mass is 10.2. The first kappa shape index (κ1) is 24.1. The van der Waals surface area contributed by atoms with Crippen LogP contribution in [0.1, 0.15) is 29.8 Å². The van der Waals surface area contributed by atoms with E-state index in [0.717, 1.165) is 28.6 Å². The molecule has 180 valence electrons. The average molecular weight is 492 g/mol. The highest BCUT2D eigenvalue weighted by atomic mass is 32.2. The molecule has 3 aromatic heterocycles. The summed E-state index contributed by atoms with van der Waals surface area (Å²) in [5.41, 5.74) is 7.05. The van der Waals surface area contributed by atoms with Gasteiger partial charge in [-0.3, -0.25) is 28.7 Å². The summed E-state index contributed by atoms with van der Waals surface area (Å²) < 4.78 is 3.08. The summed E-state index contributed by atoms with van der Waals surface area (Å²) in [6.07, 6.45) is 3.36. The number of carbonyl (C=O) groups is 1. The van der Waals surface area contributed by atoms with Crippen molar-refractivity contribution in [3.63, 3.8) is 0 Å². The first-order valence-corrected chi connectivity index (χ1v) is 12.0. The highest BCUT2D eigenvalue weighted by Gasteiger charge is 2.23. The van der Waals surface area contributed by atoms with Crippen molar-refractivity contribution >= 4 is 23.4 Å². The monoisotopic (exact) mass is 491 g/mol. The summed E-state index contributed by atoms with van der Waals surface area (Å²) in [4.78, 5) is 44.1. The quantitative estimate of drug-likeness (QED) is 0.283. The van der Waals surface area contributed by atoms with Crippen LogP contribution in [0.2, 0.25) is 0 Å². The highest BCUT2D eigenvalue weighted by molar-refractivity contribution is 7.99. The minimum absolute atomic E-state index is 0.0942. The number of anilines is 1. The summed E-state index contributed by atoms with van der Waals surface area (Å²) in [6.45, 7) is 6.07. The maximum absolute atomic E-state index is 13.1. The number of aromatic amines is 1. The predicted molar refractivity (Wildman–Crippen MR) is 135 cm³/mol. The molecule has 0 atom stereocenters. The molecule has 0 aliphatic rings. The molecule has 0 aliphatic carbocycles. The molecule has 0 aliphatic heterocycles. The van der Waals surface area contributed by atoms with Gasteiger partial charge in [0.2, 0.25) is 0 Å². The number of pyridine rings is 1. The number of thioether (sulfide) groups is 1. The number of aryl methyl sites for hydroxylation is 1.